The number of likely N-dealkylation sites (tertiary alicyclic amines) is 1. The summed E-state index contributed by atoms with van der Waals surface area (Å²) in [6.45, 7) is 3.31. The number of nitrogens with zero attached hydrogens (tertiary/aromatic N) is 1. The highest BCUT2D eigenvalue weighted by Gasteiger charge is 2.42. The SMILES string of the molecule is CC(=O)SCC(C)C(=O)N1CCC(O)[C@H]1C(=O)O. The average molecular weight is 275 g/mol. The lowest BCUT2D eigenvalue weighted by Crippen LogP contribution is -2.47. The fourth-order valence-corrected chi connectivity index (χ4v) is 2.55. The molecule has 2 N–H and O–H groups in total. The van der Waals surface area contributed by atoms with E-state index in [0.29, 0.717) is 5.75 Å². The zero-order valence-electron chi connectivity index (χ0n) is 10.3. The number of rotatable bonds is 4. The van der Waals surface area contributed by atoms with Gasteiger partial charge in [0.1, 0.15) is 0 Å². The van der Waals surface area contributed by atoms with Gasteiger partial charge in [0.15, 0.2) is 11.2 Å². The second-order valence-corrected chi connectivity index (χ2v) is 5.57. The fourth-order valence-electron chi connectivity index (χ4n) is 1.92. The number of aliphatic hydroxyl groups excluding tert-OH is 1. The van der Waals surface area contributed by atoms with Gasteiger partial charge in [-0.3, -0.25) is 9.59 Å². The van der Waals surface area contributed by atoms with E-state index >= 15 is 0 Å². The molecule has 1 aliphatic rings. The van der Waals surface area contributed by atoms with Gasteiger partial charge in [-0.15, -0.1) is 0 Å². The number of aliphatic carboxylic acids is 1. The van der Waals surface area contributed by atoms with Crippen LogP contribution >= 0.6 is 11.8 Å². The summed E-state index contributed by atoms with van der Waals surface area (Å²) in [6, 6.07) is -1.16. The maximum Gasteiger partial charge on any atom is 0.329 e. The average Bonchev–Trinajstić information content (AvgIpc) is 2.66. The molecule has 1 heterocycles. The van der Waals surface area contributed by atoms with E-state index in [4.69, 9.17) is 5.11 Å². The second-order valence-electron chi connectivity index (χ2n) is 4.37. The molecule has 0 aliphatic carbocycles. The molecule has 0 aromatic rings. The first-order valence-corrected chi connectivity index (χ1v) is 6.68. The van der Waals surface area contributed by atoms with Crippen LogP contribution in [0.5, 0.6) is 0 Å². The number of hydrogen-bond acceptors (Lipinski definition) is 5. The number of carbonyl (C=O) groups is 3. The van der Waals surface area contributed by atoms with Crippen molar-refractivity contribution >= 4 is 28.8 Å². The molecule has 1 rings (SSSR count). The molecule has 0 bridgehead atoms. The molecule has 6 nitrogen and oxygen atoms in total. The van der Waals surface area contributed by atoms with Crippen LogP contribution in [0.2, 0.25) is 0 Å². The summed E-state index contributed by atoms with van der Waals surface area (Å²) in [5.41, 5.74) is 0. The maximum absolute atomic E-state index is 12.0. The summed E-state index contributed by atoms with van der Waals surface area (Å²) >= 11 is 1.04. The molecular formula is C11H17NO5S. The number of carbonyl (C=O) groups excluding carboxylic acids is 2. The number of amides is 1. The Kier molecular flexibility index (Phi) is 5.15. The number of carboxylic acids is 1. The van der Waals surface area contributed by atoms with Crippen molar-refractivity contribution in [2.24, 2.45) is 5.92 Å². The summed E-state index contributed by atoms with van der Waals surface area (Å²) in [5, 5.41) is 18.5. The van der Waals surface area contributed by atoms with E-state index < -0.39 is 24.0 Å². The molecule has 0 aromatic heterocycles. The van der Waals surface area contributed by atoms with Crippen LogP contribution in [0.15, 0.2) is 0 Å². The van der Waals surface area contributed by atoms with Crippen molar-refractivity contribution in [2.75, 3.05) is 12.3 Å². The Morgan fingerprint density at radius 1 is 1.44 bits per heavy atom. The van der Waals surface area contributed by atoms with Gasteiger partial charge >= 0.3 is 5.97 Å². The molecule has 3 atom stereocenters. The number of aliphatic hydroxyl groups is 1. The molecule has 1 aliphatic heterocycles. The molecule has 1 fully saturated rings. The number of carboxylic acid groups (broad SMARTS) is 1. The highest BCUT2D eigenvalue weighted by Crippen LogP contribution is 2.22. The molecule has 0 radical (unpaired) electrons. The molecule has 102 valence electrons. The van der Waals surface area contributed by atoms with Crippen LogP contribution in [0.1, 0.15) is 20.3 Å². The minimum absolute atomic E-state index is 0.0779. The van der Waals surface area contributed by atoms with Crippen molar-refractivity contribution in [3.05, 3.63) is 0 Å². The molecule has 2 unspecified atom stereocenters. The summed E-state index contributed by atoms with van der Waals surface area (Å²) < 4.78 is 0. The third kappa shape index (κ3) is 3.46. The Morgan fingerprint density at radius 2 is 2.06 bits per heavy atom. The van der Waals surface area contributed by atoms with Crippen molar-refractivity contribution in [2.45, 2.75) is 32.4 Å². The Hall–Kier alpha value is -1.08. The number of hydrogen-bond donors (Lipinski definition) is 2. The van der Waals surface area contributed by atoms with E-state index in [2.05, 4.69) is 0 Å². The second kappa shape index (κ2) is 6.19. The van der Waals surface area contributed by atoms with Gasteiger partial charge < -0.3 is 15.1 Å². The Balaban J connectivity index is 2.65. The maximum atomic E-state index is 12.0. The highest BCUT2D eigenvalue weighted by molar-refractivity contribution is 8.13. The van der Waals surface area contributed by atoms with E-state index in [1.54, 1.807) is 6.92 Å². The normalized spacial score (nSPS) is 24.9. The van der Waals surface area contributed by atoms with Crippen molar-refractivity contribution in [3.8, 4) is 0 Å². The van der Waals surface area contributed by atoms with Gasteiger partial charge in [0.25, 0.3) is 0 Å². The smallest absolute Gasteiger partial charge is 0.329 e. The Labute approximate surface area is 109 Å². The van der Waals surface area contributed by atoms with Gasteiger partial charge in [-0.05, 0) is 6.42 Å². The first kappa shape index (κ1) is 15.0. The van der Waals surface area contributed by atoms with Gasteiger partial charge in [-0.2, -0.15) is 0 Å². The van der Waals surface area contributed by atoms with Crippen LogP contribution in [-0.2, 0) is 14.4 Å². The zero-order chi connectivity index (χ0) is 13.9. The minimum atomic E-state index is -1.19. The van der Waals surface area contributed by atoms with E-state index in [1.165, 1.54) is 11.8 Å². The third-order valence-electron chi connectivity index (χ3n) is 2.86. The summed E-state index contributed by atoms with van der Waals surface area (Å²) in [7, 11) is 0. The lowest BCUT2D eigenvalue weighted by molar-refractivity contribution is -0.152. The summed E-state index contributed by atoms with van der Waals surface area (Å²) in [4.78, 5) is 35.1. The molecule has 7 heteroatoms. The monoisotopic (exact) mass is 275 g/mol. The van der Waals surface area contributed by atoms with Crippen molar-refractivity contribution in [1.29, 1.82) is 0 Å². The minimum Gasteiger partial charge on any atom is -0.480 e. The lowest BCUT2D eigenvalue weighted by Gasteiger charge is -2.25. The molecule has 18 heavy (non-hydrogen) atoms. The zero-order valence-corrected chi connectivity index (χ0v) is 11.1. The molecule has 0 aromatic carbocycles. The van der Waals surface area contributed by atoms with E-state index in [-0.39, 0.29) is 24.0 Å². The van der Waals surface area contributed by atoms with Gasteiger partial charge in [0.2, 0.25) is 5.91 Å². The summed E-state index contributed by atoms with van der Waals surface area (Å²) in [5.74, 6) is -1.63. The van der Waals surface area contributed by atoms with Crippen LogP contribution in [-0.4, -0.2) is 56.5 Å². The van der Waals surface area contributed by atoms with E-state index in [0.717, 1.165) is 11.8 Å². The quantitative estimate of drug-likeness (QED) is 0.747. The van der Waals surface area contributed by atoms with Gasteiger partial charge in [-0.1, -0.05) is 18.7 Å². The predicted octanol–water partition coefficient (Wildman–Crippen LogP) is -0.0514. The molecule has 0 saturated carbocycles. The van der Waals surface area contributed by atoms with Crippen molar-refractivity contribution < 1.29 is 24.6 Å². The van der Waals surface area contributed by atoms with E-state index in [1.807, 2.05) is 0 Å². The van der Waals surface area contributed by atoms with Crippen LogP contribution in [0, 0.1) is 5.92 Å². The largest absolute Gasteiger partial charge is 0.480 e. The predicted molar refractivity (Wildman–Crippen MR) is 66.1 cm³/mol. The van der Waals surface area contributed by atoms with Crippen molar-refractivity contribution in [3.63, 3.8) is 0 Å². The molecule has 1 saturated heterocycles. The standard InChI is InChI=1S/C11H17NO5S/c1-6(5-18-7(2)13)10(15)12-4-3-8(14)9(12)11(16)17/h6,8-9,14H,3-5H2,1-2H3,(H,16,17)/t6?,8?,9-/m0/s1. The van der Waals surface area contributed by atoms with Crippen molar-refractivity contribution in [1.82, 2.24) is 4.90 Å². The Morgan fingerprint density at radius 3 is 2.56 bits per heavy atom. The van der Waals surface area contributed by atoms with Crippen LogP contribution < -0.4 is 0 Å². The third-order valence-corrected chi connectivity index (χ3v) is 3.93. The van der Waals surface area contributed by atoms with Gasteiger partial charge in [0, 0.05) is 25.1 Å². The summed E-state index contributed by atoms with van der Waals surface area (Å²) in [6.07, 6.45) is -0.742. The molecular weight excluding hydrogens is 258 g/mol. The van der Waals surface area contributed by atoms with E-state index in [9.17, 15) is 19.5 Å². The van der Waals surface area contributed by atoms with Crippen LogP contribution in [0.3, 0.4) is 0 Å². The lowest BCUT2D eigenvalue weighted by atomic mass is 10.1. The first-order valence-electron chi connectivity index (χ1n) is 5.69. The van der Waals surface area contributed by atoms with Gasteiger partial charge in [0.05, 0.1) is 6.10 Å². The van der Waals surface area contributed by atoms with Crippen LogP contribution in [0.25, 0.3) is 0 Å². The Bertz CT molecular complexity index is 359. The number of thioether (sulfide) groups is 1. The molecule has 0 spiro atoms. The van der Waals surface area contributed by atoms with Gasteiger partial charge in [-0.25, -0.2) is 4.79 Å². The first-order chi connectivity index (χ1) is 8.34. The highest BCUT2D eigenvalue weighted by atomic mass is 32.2. The molecule has 1 amide bonds. The fraction of sp³-hybridized carbons (Fsp3) is 0.727. The van der Waals surface area contributed by atoms with Crippen LogP contribution in [0.4, 0.5) is 0 Å². The topological polar surface area (TPSA) is 94.9 Å².